The van der Waals surface area contributed by atoms with Crippen molar-refractivity contribution >= 4 is 45.3 Å². The number of allylic oxidation sites excluding steroid dienone is 1. The Morgan fingerprint density at radius 3 is 2.39 bits per heavy atom. The van der Waals surface area contributed by atoms with Crippen molar-refractivity contribution in [1.82, 2.24) is 10.2 Å². The van der Waals surface area contributed by atoms with Crippen LogP contribution in [0.25, 0.3) is 0 Å². The number of ether oxygens (including phenoxy) is 3. The van der Waals surface area contributed by atoms with Crippen molar-refractivity contribution in [2.24, 2.45) is 17.8 Å². The van der Waals surface area contributed by atoms with E-state index in [0.717, 1.165) is 0 Å². The van der Waals surface area contributed by atoms with E-state index in [1.807, 2.05) is 44.2 Å². The average Bonchev–Trinajstić information content (AvgIpc) is 3.72. The monoisotopic (exact) mass is 765 g/mol. The van der Waals surface area contributed by atoms with Crippen molar-refractivity contribution in [2.75, 3.05) is 25.2 Å². The fourth-order valence-electron chi connectivity index (χ4n) is 7.90. The molecule has 274 valence electrons. The number of methoxy groups -OCH3 is 1. The van der Waals surface area contributed by atoms with Crippen molar-refractivity contribution in [3.8, 4) is 5.75 Å². The minimum atomic E-state index is -1.39. The van der Waals surface area contributed by atoms with Crippen molar-refractivity contribution in [3.63, 3.8) is 0 Å². The Morgan fingerprint density at radius 2 is 1.80 bits per heavy atom. The smallest absolute Gasteiger partial charge is 0.313 e. The number of benzene rings is 2. The van der Waals surface area contributed by atoms with Gasteiger partial charge in [0, 0.05) is 23.5 Å². The number of amides is 3. The molecule has 1 spiro atoms. The molecule has 0 saturated carbocycles. The highest BCUT2D eigenvalue weighted by Gasteiger charge is 2.77. The summed E-state index contributed by atoms with van der Waals surface area (Å²) in [6.45, 7) is 12.8. The normalized spacial score (nSPS) is 26.6. The first-order valence-corrected chi connectivity index (χ1v) is 18.3. The number of anilines is 1. The summed E-state index contributed by atoms with van der Waals surface area (Å²) in [5.41, 5.74) is -0.159. The van der Waals surface area contributed by atoms with Gasteiger partial charge in [-0.1, -0.05) is 72.3 Å². The van der Waals surface area contributed by atoms with E-state index >= 15 is 0 Å². The molecule has 2 N–H and O–H groups in total. The zero-order chi connectivity index (χ0) is 37.0. The van der Waals surface area contributed by atoms with Gasteiger partial charge in [-0.05, 0) is 55.5 Å². The fourth-order valence-corrected chi connectivity index (χ4v) is 8.84. The van der Waals surface area contributed by atoms with Crippen LogP contribution < -0.4 is 15.0 Å². The van der Waals surface area contributed by atoms with E-state index in [1.165, 1.54) is 9.80 Å². The van der Waals surface area contributed by atoms with Gasteiger partial charge in [0.25, 0.3) is 5.91 Å². The van der Waals surface area contributed by atoms with E-state index in [-0.39, 0.29) is 36.0 Å². The van der Waals surface area contributed by atoms with Gasteiger partial charge in [0.15, 0.2) is 0 Å². The molecule has 12 heteroatoms. The molecule has 3 aliphatic heterocycles. The molecule has 11 nitrogen and oxygen atoms in total. The number of nitrogens with zero attached hydrogens (tertiary/aromatic N) is 2. The molecular formula is C39H48BrN3O8. The third-order valence-corrected chi connectivity index (χ3v) is 11.1. The molecule has 3 amide bonds. The molecule has 3 fully saturated rings. The van der Waals surface area contributed by atoms with Crippen molar-refractivity contribution < 1.29 is 38.5 Å². The van der Waals surface area contributed by atoms with Crippen LogP contribution in [-0.4, -0.2) is 88.6 Å². The number of aliphatic hydroxyl groups is 1. The number of esters is 1. The summed E-state index contributed by atoms with van der Waals surface area (Å²) >= 11 is 3.73. The maximum Gasteiger partial charge on any atom is 0.313 e. The van der Waals surface area contributed by atoms with E-state index in [9.17, 15) is 24.3 Å². The molecule has 2 aromatic carbocycles. The van der Waals surface area contributed by atoms with Crippen molar-refractivity contribution in [3.05, 3.63) is 85.5 Å². The molecule has 2 aromatic rings. The second-order valence-corrected chi connectivity index (χ2v) is 15.0. The number of aliphatic hydroxyl groups excluding tert-OH is 1. The minimum absolute atomic E-state index is 0.137. The maximum atomic E-state index is 14.9. The Morgan fingerprint density at radius 1 is 1.12 bits per heavy atom. The highest BCUT2D eigenvalue weighted by molar-refractivity contribution is 9.09. The van der Waals surface area contributed by atoms with Crippen LogP contribution in [0.3, 0.4) is 0 Å². The second kappa shape index (κ2) is 16.1. The predicted molar refractivity (Wildman–Crippen MR) is 196 cm³/mol. The molecule has 5 rings (SSSR count). The standard InChI is InChI=1S/C39H48BrN3O8/c1-7-9-15-30(45)41-24(5)33(25-13-11-10-12-14-25)50-38(48)31-32-36(46)43(29(22-44)23(3)4)35(39(32)21-28(40)34(31)51-39)37(47)42(20-8-2)26-16-18-27(49-6)19-17-26/h7-8,10-14,16-19,23-24,28-29,31-35,44H,1-2,9,15,20-22H2,3-6H3,(H,41,45)/t24-,28?,29-,31-,32+,33-,34-,35-,39+/m0/s1. The SMILES string of the molecule is C=CCCC(=O)N[C@@H](C)[C@H](OC(=O)[C@@H]1[C@H]2O[C@@]3(CC2Br)[C@H](C(=O)N(CC=C)c2ccc(OC)cc2)N([C@@H](CO)C(C)C)C(=O)[C@@H]13)c1ccccc1. The zero-order valence-corrected chi connectivity index (χ0v) is 31.2. The van der Waals surface area contributed by atoms with Crippen LogP contribution in [0.5, 0.6) is 5.75 Å². The number of halogens is 1. The number of hydrogen-bond acceptors (Lipinski definition) is 8. The first-order valence-electron chi connectivity index (χ1n) is 17.4. The molecule has 1 unspecified atom stereocenters. The number of hydrogen-bond donors (Lipinski definition) is 2. The third kappa shape index (κ3) is 7.23. The van der Waals surface area contributed by atoms with Crippen LogP contribution >= 0.6 is 15.9 Å². The number of likely N-dealkylation sites (tertiary alicyclic amines) is 1. The molecule has 3 aliphatic rings. The predicted octanol–water partition coefficient (Wildman–Crippen LogP) is 4.73. The number of rotatable bonds is 16. The van der Waals surface area contributed by atoms with E-state index in [2.05, 4.69) is 34.4 Å². The Kier molecular flexibility index (Phi) is 12.1. The van der Waals surface area contributed by atoms with Crippen molar-refractivity contribution in [1.29, 1.82) is 0 Å². The molecule has 3 heterocycles. The second-order valence-electron chi connectivity index (χ2n) is 13.8. The summed E-state index contributed by atoms with van der Waals surface area (Å²) in [5, 5.41) is 13.6. The van der Waals surface area contributed by atoms with Gasteiger partial charge >= 0.3 is 5.97 Å². The van der Waals surface area contributed by atoms with E-state index < -0.39 is 72.2 Å². The number of carbonyl (C=O) groups is 4. The summed E-state index contributed by atoms with van der Waals surface area (Å²) in [4.78, 5) is 59.5. The first kappa shape index (κ1) is 38.2. The van der Waals surface area contributed by atoms with E-state index in [0.29, 0.717) is 23.4 Å². The van der Waals surface area contributed by atoms with Gasteiger partial charge in [-0.2, -0.15) is 0 Å². The van der Waals surface area contributed by atoms with Gasteiger partial charge in [0.1, 0.15) is 23.5 Å². The van der Waals surface area contributed by atoms with E-state index in [4.69, 9.17) is 14.2 Å². The van der Waals surface area contributed by atoms with Crippen LogP contribution in [0.4, 0.5) is 5.69 Å². The molecule has 9 atom stereocenters. The third-order valence-electron chi connectivity index (χ3n) is 10.3. The largest absolute Gasteiger partial charge is 0.497 e. The van der Waals surface area contributed by atoms with Gasteiger partial charge in [-0.25, -0.2) is 0 Å². The number of carbonyl (C=O) groups excluding carboxylic acids is 4. The lowest BCUT2D eigenvalue weighted by Crippen LogP contribution is -2.60. The Balaban J connectivity index is 1.54. The minimum Gasteiger partial charge on any atom is -0.497 e. The van der Waals surface area contributed by atoms with Crippen molar-refractivity contribution in [2.45, 2.75) is 80.8 Å². The lowest BCUT2D eigenvalue weighted by molar-refractivity contribution is -0.162. The Hall–Kier alpha value is -4.00. The molecule has 3 saturated heterocycles. The number of alkyl halides is 1. The topological polar surface area (TPSA) is 135 Å². The van der Waals surface area contributed by atoms with Crippen LogP contribution in [0.1, 0.15) is 51.7 Å². The van der Waals surface area contributed by atoms with Gasteiger partial charge in [-0.3, -0.25) is 19.2 Å². The molecular weight excluding hydrogens is 718 g/mol. The highest BCUT2D eigenvalue weighted by Crippen LogP contribution is 2.61. The first-order chi connectivity index (χ1) is 24.4. The zero-order valence-electron chi connectivity index (χ0n) is 29.6. The summed E-state index contributed by atoms with van der Waals surface area (Å²) in [6.07, 6.45) is 2.64. The Bertz CT molecular complexity index is 1600. The summed E-state index contributed by atoms with van der Waals surface area (Å²) in [7, 11) is 1.55. The van der Waals surface area contributed by atoms with Crippen LogP contribution in [-0.2, 0) is 28.7 Å². The molecule has 2 bridgehead atoms. The van der Waals surface area contributed by atoms with Gasteiger partial charge < -0.3 is 34.4 Å². The number of fused-ring (bicyclic) bond motifs is 1. The van der Waals surface area contributed by atoms with Gasteiger partial charge in [0.05, 0.1) is 43.7 Å². The average molecular weight is 767 g/mol. The quantitative estimate of drug-likeness (QED) is 0.142. The molecule has 0 radical (unpaired) electrons. The molecule has 0 aliphatic carbocycles. The lowest BCUT2D eigenvalue weighted by atomic mass is 9.70. The fraction of sp³-hybridized carbons (Fsp3) is 0.487. The summed E-state index contributed by atoms with van der Waals surface area (Å²) < 4.78 is 18.3. The van der Waals surface area contributed by atoms with E-state index in [1.54, 1.807) is 50.5 Å². The molecule has 51 heavy (non-hydrogen) atoms. The Labute approximate surface area is 308 Å². The highest BCUT2D eigenvalue weighted by atomic mass is 79.9. The maximum absolute atomic E-state index is 14.9. The molecule has 0 aromatic heterocycles. The number of nitrogens with one attached hydrogen (secondary N) is 1. The van der Waals surface area contributed by atoms with Gasteiger partial charge in [0.2, 0.25) is 11.8 Å². The summed E-state index contributed by atoms with van der Waals surface area (Å²) in [6, 6.07) is 13.6. The van der Waals surface area contributed by atoms with Gasteiger partial charge in [-0.15, -0.1) is 13.2 Å². The van der Waals surface area contributed by atoms with Crippen LogP contribution in [0.2, 0.25) is 0 Å². The van der Waals surface area contributed by atoms with Crippen LogP contribution in [0.15, 0.2) is 79.9 Å². The lowest BCUT2D eigenvalue weighted by Gasteiger charge is -2.40. The van der Waals surface area contributed by atoms with Crippen LogP contribution in [0, 0.1) is 17.8 Å². The summed E-state index contributed by atoms with van der Waals surface area (Å²) in [5.74, 6) is -3.47.